The van der Waals surface area contributed by atoms with E-state index in [1.165, 1.54) is 31.5 Å². The average molecular weight is 255 g/mol. The van der Waals surface area contributed by atoms with Crippen molar-refractivity contribution in [3.8, 4) is 11.5 Å². The molecule has 0 unspecified atom stereocenters. The number of aromatic hydroxyl groups is 1. The number of ether oxygens (including phenoxy) is 1. The molecule has 0 radical (unpaired) electrons. The quantitative estimate of drug-likeness (QED) is 0.674. The highest BCUT2D eigenvalue weighted by Gasteiger charge is 2.06. The van der Waals surface area contributed by atoms with Gasteiger partial charge in [-0.05, 0) is 36.4 Å². The first kappa shape index (κ1) is 12.8. The maximum Gasteiger partial charge on any atom is 0.187 e. The highest BCUT2D eigenvalue weighted by atomic mass is 16.5. The number of pyridine rings is 1. The Morgan fingerprint density at radius 1 is 1.32 bits per heavy atom. The second kappa shape index (κ2) is 5.82. The Labute approximate surface area is 111 Å². The molecule has 1 N–H and O–H groups in total. The lowest BCUT2D eigenvalue weighted by Gasteiger charge is -2.05. The zero-order valence-electron chi connectivity index (χ0n) is 10.4. The molecule has 0 aliphatic rings. The SMILES string of the molecule is COc1cccc(O)c1/C=C/C(=O)c1cccnc1. The highest BCUT2D eigenvalue weighted by Crippen LogP contribution is 2.28. The van der Waals surface area contributed by atoms with Crippen molar-refractivity contribution in [3.05, 3.63) is 59.9 Å². The van der Waals surface area contributed by atoms with Gasteiger partial charge in [0.05, 0.1) is 12.7 Å². The van der Waals surface area contributed by atoms with Crippen LogP contribution in [-0.2, 0) is 0 Å². The zero-order chi connectivity index (χ0) is 13.7. The van der Waals surface area contributed by atoms with E-state index in [9.17, 15) is 9.90 Å². The fourth-order valence-electron chi connectivity index (χ4n) is 1.64. The predicted molar refractivity (Wildman–Crippen MR) is 72.3 cm³/mol. The molecule has 0 amide bonds. The third-order valence-electron chi connectivity index (χ3n) is 2.61. The van der Waals surface area contributed by atoms with Crippen molar-refractivity contribution < 1.29 is 14.6 Å². The van der Waals surface area contributed by atoms with Gasteiger partial charge in [-0.3, -0.25) is 9.78 Å². The van der Waals surface area contributed by atoms with Gasteiger partial charge in [-0.25, -0.2) is 0 Å². The Kier molecular flexibility index (Phi) is 3.93. The standard InChI is InChI=1S/C15H13NO3/c1-19-15-6-2-5-14(18)12(15)7-8-13(17)11-4-3-9-16-10-11/h2-10,18H,1H3/b8-7+. The number of rotatable bonds is 4. The number of carbonyl (C=O) groups is 1. The minimum absolute atomic E-state index is 0.0644. The second-order valence-electron chi connectivity index (χ2n) is 3.83. The first-order valence-corrected chi connectivity index (χ1v) is 5.71. The summed E-state index contributed by atoms with van der Waals surface area (Å²) in [5, 5.41) is 9.75. The van der Waals surface area contributed by atoms with Crippen LogP contribution in [0, 0.1) is 0 Å². The summed E-state index contributed by atoms with van der Waals surface area (Å²) in [4.78, 5) is 15.8. The van der Waals surface area contributed by atoms with E-state index in [4.69, 9.17) is 4.74 Å². The van der Waals surface area contributed by atoms with Crippen LogP contribution in [0.15, 0.2) is 48.8 Å². The first-order valence-electron chi connectivity index (χ1n) is 5.71. The molecule has 0 aliphatic carbocycles. The summed E-state index contributed by atoms with van der Waals surface area (Å²) in [6.45, 7) is 0. The Hall–Kier alpha value is -2.62. The monoisotopic (exact) mass is 255 g/mol. The van der Waals surface area contributed by atoms with Gasteiger partial charge in [0.2, 0.25) is 0 Å². The van der Waals surface area contributed by atoms with E-state index in [0.717, 1.165) is 0 Å². The number of ketones is 1. The van der Waals surface area contributed by atoms with E-state index in [-0.39, 0.29) is 11.5 Å². The van der Waals surface area contributed by atoms with Gasteiger partial charge in [-0.15, -0.1) is 0 Å². The molecule has 0 spiro atoms. The molecule has 2 rings (SSSR count). The number of nitrogens with zero attached hydrogens (tertiary/aromatic N) is 1. The van der Waals surface area contributed by atoms with E-state index in [1.807, 2.05) is 0 Å². The number of aromatic nitrogens is 1. The van der Waals surface area contributed by atoms with Gasteiger partial charge in [-0.2, -0.15) is 0 Å². The van der Waals surface area contributed by atoms with Crippen LogP contribution in [0.4, 0.5) is 0 Å². The summed E-state index contributed by atoms with van der Waals surface area (Å²) in [7, 11) is 1.51. The molecule has 0 bridgehead atoms. The molecule has 0 atom stereocenters. The fourth-order valence-corrected chi connectivity index (χ4v) is 1.64. The van der Waals surface area contributed by atoms with Crippen LogP contribution in [0.2, 0.25) is 0 Å². The van der Waals surface area contributed by atoms with Crippen LogP contribution < -0.4 is 4.74 Å². The topological polar surface area (TPSA) is 59.4 Å². The van der Waals surface area contributed by atoms with Gasteiger partial charge in [-0.1, -0.05) is 6.07 Å². The molecule has 4 heteroatoms. The lowest BCUT2D eigenvalue weighted by atomic mass is 10.1. The Morgan fingerprint density at radius 2 is 2.16 bits per heavy atom. The van der Waals surface area contributed by atoms with Crippen molar-refractivity contribution in [1.82, 2.24) is 4.98 Å². The van der Waals surface area contributed by atoms with Gasteiger partial charge in [0.1, 0.15) is 11.5 Å². The van der Waals surface area contributed by atoms with Gasteiger partial charge >= 0.3 is 0 Å². The number of carbonyl (C=O) groups excluding carboxylic acids is 1. The van der Waals surface area contributed by atoms with Crippen LogP contribution in [0.1, 0.15) is 15.9 Å². The zero-order valence-corrected chi connectivity index (χ0v) is 10.4. The molecule has 0 fully saturated rings. The number of hydrogen-bond acceptors (Lipinski definition) is 4. The maximum absolute atomic E-state index is 11.9. The maximum atomic E-state index is 11.9. The van der Waals surface area contributed by atoms with E-state index in [0.29, 0.717) is 16.9 Å². The van der Waals surface area contributed by atoms with Crippen molar-refractivity contribution in [2.45, 2.75) is 0 Å². The fraction of sp³-hybridized carbons (Fsp3) is 0.0667. The largest absolute Gasteiger partial charge is 0.507 e. The molecule has 2 aromatic rings. The summed E-state index contributed by atoms with van der Waals surface area (Å²) in [5.41, 5.74) is 0.968. The molecule has 19 heavy (non-hydrogen) atoms. The summed E-state index contributed by atoms with van der Waals surface area (Å²) >= 11 is 0. The molecular weight excluding hydrogens is 242 g/mol. The number of benzene rings is 1. The number of allylic oxidation sites excluding steroid dienone is 1. The molecule has 0 aliphatic heterocycles. The highest BCUT2D eigenvalue weighted by molar-refractivity contribution is 6.06. The molecule has 0 saturated heterocycles. The van der Waals surface area contributed by atoms with Crippen molar-refractivity contribution in [3.63, 3.8) is 0 Å². The lowest BCUT2D eigenvalue weighted by Crippen LogP contribution is -1.94. The Bertz CT molecular complexity index is 606. The van der Waals surface area contributed by atoms with Gasteiger partial charge in [0.15, 0.2) is 5.78 Å². The van der Waals surface area contributed by atoms with Gasteiger partial charge in [0, 0.05) is 18.0 Å². The van der Waals surface area contributed by atoms with E-state index in [2.05, 4.69) is 4.98 Å². The molecule has 1 aromatic carbocycles. The molecular formula is C15H13NO3. The van der Waals surface area contributed by atoms with Crippen molar-refractivity contribution >= 4 is 11.9 Å². The Balaban J connectivity index is 2.26. The van der Waals surface area contributed by atoms with Gasteiger partial charge < -0.3 is 9.84 Å². The van der Waals surface area contributed by atoms with E-state index >= 15 is 0 Å². The third kappa shape index (κ3) is 2.98. The number of hydrogen-bond donors (Lipinski definition) is 1. The predicted octanol–water partition coefficient (Wildman–Crippen LogP) is 2.69. The molecule has 1 aromatic heterocycles. The first-order chi connectivity index (χ1) is 9.22. The van der Waals surface area contributed by atoms with E-state index in [1.54, 1.807) is 30.5 Å². The van der Waals surface area contributed by atoms with Crippen molar-refractivity contribution in [2.75, 3.05) is 7.11 Å². The van der Waals surface area contributed by atoms with E-state index < -0.39 is 0 Å². The van der Waals surface area contributed by atoms with Crippen LogP contribution in [0.25, 0.3) is 6.08 Å². The lowest BCUT2D eigenvalue weighted by molar-refractivity contribution is 0.104. The molecule has 4 nitrogen and oxygen atoms in total. The minimum atomic E-state index is -0.182. The summed E-state index contributed by atoms with van der Waals surface area (Å²) in [6, 6.07) is 8.31. The summed E-state index contributed by atoms with van der Waals surface area (Å²) < 4.78 is 5.13. The second-order valence-corrected chi connectivity index (χ2v) is 3.83. The van der Waals surface area contributed by atoms with Crippen LogP contribution in [-0.4, -0.2) is 23.0 Å². The van der Waals surface area contributed by atoms with Crippen LogP contribution in [0.3, 0.4) is 0 Å². The Morgan fingerprint density at radius 3 is 2.84 bits per heavy atom. The molecule has 0 saturated carbocycles. The molecule has 96 valence electrons. The van der Waals surface area contributed by atoms with Crippen molar-refractivity contribution in [1.29, 1.82) is 0 Å². The normalized spacial score (nSPS) is 10.6. The number of phenolic OH excluding ortho intramolecular Hbond substituents is 1. The number of phenols is 1. The average Bonchev–Trinajstić information content (AvgIpc) is 2.46. The minimum Gasteiger partial charge on any atom is -0.507 e. The smallest absolute Gasteiger partial charge is 0.187 e. The van der Waals surface area contributed by atoms with Gasteiger partial charge in [0.25, 0.3) is 0 Å². The van der Waals surface area contributed by atoms with Crippen molar-refractivity contribution in [2.24, 2.45) is 0 Å². The summed E-state index contributed by atoms with van der Waals surface area (Å²) in [5.74, 6) is 0.392. The van der Waals surface area contributed by atoms with Crippen LogP contribution >= 0.6 is 0 Å². The number of methoxy groups -OCH3 is 1. The summed E-state index contributed by atoms with van der Waals surface area (Å²) in [6.07, 6.45) is 6.01. The molecule has 1 heterocycles. The van der Waals surface area contributed by atoms with Crippen LogP contribution in [0.5, 0.6) is 11.5 Å². The third-order valence-corrected chi connectivity index (χ3v) is 2.61.